The van der Waals surface area contributed by atoms with Gasteiger partial charge in [-0.2, -0.15) is 0 Å². The molecule has 0 saturated heterocycles. The van der Waals surface area contributed by atoms with Crippen LogP contribution in [0.4, 0.5) is 0 Å². The number of ether oxygens (including phenoxy) is 1. The fourth-order valence-corrected chi connectivity index (χ4v) is 2.70. The molecule has 0 amide bonds. The third-order valence-corrected chi connectivity index (χ3v) is 4.18. The summed E-state index contributed by atoms with van der Waals surface area (Å²) >= 11 is 0. The van der Waals surface area contributed by atoms with Crippen molar-refractivity contribution in [2.75, 3.05) is 13.2 Å². The fraction of sp³-hybridized carbons (Fsp3) is 0.462. The van der Waals surface area contributed by atoms with Crippen molar-refractivity contribution in [2.24, 2.45) is 0 Å². The van der Waals surface area contributed by atoms with Gasteiger partial charge in [0.15, 0.2) is 5.03 Å². The lowest BCUT2D eigenvalue weighted by atomic mass is 10.4. The van der Waals surface area contributed by atoms with E-state index in [2.05, 4.69) is 14.7 Å². The standard InChI is InChI=1S/C13H19N3O4S/c1-2-12-14-9-13(16-12)21(17,18)15-6-4-7-19-10-11-5-3-8-20-11/h3,5,8-9,15H,2,4,6-7,10H2,1H3,(H,14,16). The Bertz CT molecular complexity index is 634. The summed E-state index contributed by atoms with van der Waals surface area (Å²) in [6, 6.07) is 3.62. The first kappa shape index (κ1) is 15.7. The van der Waals surface area contributed by atoms with Crippen LogP contribution in [-0.4, -0.2) is 31.5 Å². The Labute approximate surface area is 123 Å². The van der Waals surface area contributed by atoms with Gasteiger partial charge in [-0.25, -0.2) is 18.1 Å². The molecular weight excluding hydrogens is 294 g/mol. The zero-order valence-corrected chi connectivity index (χ0v) is 12.6. The van der Waals surface area contributed by atoms with Gasteiger partial charge in [-0.15, -0.1) is 0 Å². The van der Waals surface area contributed by atoms with Gasteiger partial charge in [0, 0.05) is 19.6 Å². The maximum Gasteiger partial charge on any atom is 0.257 e. The van der Waals surface area contributed by atoms with Crippen LogP contribution in [0.1, 0.15) is 24.9 Å². The molecule has 2 rings (SSSR count). The maximum atomic E-state index is 11.9. The van der Waals surface area contributed by atoms with Gasteiger partial charge in [0.1, 0.15) is 18.2 Å². The molecule has 0 radical (unpaired) electrons. The molecule has 2 heterocycles. The van der Waals surface area contributed by atoms with Crippen LogP contribution in [0, 0.1) is 0 Å². The molecule has 0 aliphatic rings. The SMILES string of the molecule is CCc1ncc(S(=O)(=O)NCCCOCc2ccco2)[nH]1. The normalized spacial score (nSPS) is 11.9. The van der Waals surface area contributed by atoms with E-state index >= 15 is 0 Å². The van der Waals surface area contributed by atoms with Gasteiger partial charge in [-0.05, 0) is 18.6 Å². The number of nitrogens with zero attached hydrogens (tertiary/aromatic N) is 1. The van der Waals surface area contributed by atoms with E-state index in [0.29, 0.717) is 38.4 Å². The summed E-state index contributed by atoms with van der Waals surface area (Å²) in [5, 5.41) is 0.0934. The first-order valence-corrected chi connectivity index (χ1v) is 8.24. The average Bonchev–Trinajstić information content (AvgIpc) is 3.13. The molecule has 2 aromatic heterocycles. The zero-order chi connectivity index (χ0) is 15.1. The molecule has 21 heavy (non-hydrogen) atoms. The number of furan rings is 1. The summed E-state index contributed by atoms with van der Waals surface area (Å²) in [6.45, 7) is 3.05. The van der Waals surface area contributed by atoms with Gasteiger partial charge < -0.3 is 14.1 Å². The molecule has 0 atom stereocenters. The number of aromatic amines is 1. The topological polar surface area (TPSA) is 97.2 Å². The van der Waals surface area contributed by atoms with E-state index < -0.39 is 10.0 Å². The van der Waals surface area contributed by atoms with Crippen LogP contribution >= 0.6 is 0 Å². The average molecular weight is 313 g/mol. The van der Waals surface area contributed by atoms with Crippen molar-refractivity contribution in [2.45, 2.75) is 31.4 Å². The second kappa shape index (κ2) is 7.39. The second-order valence-electron chi connectivity index (χ2n) is 4.43. The molecule has 0 aromatic carbocycles. The van der Waals surface area contributed by atoms with Gasteiger partial charge in [0.25, 0.3) is 10.0 Å². The predicted octanol–water partition coefficient (Wildman–Crippen LogP) is 1.45. The number of imidazole rings is 1. The van der Waals surface area contributed by atoms with Gasteiger partial charge >= 0.3 is 0 Å². The molecule has 8 heteroatoms. The first-order valence-electron chi connectivity index (χ1n) is 6.75. The molecular formula is C13H19N3O4S. The van der Waals surface area contributed by atoms with E-state index in [-0.39, 0.29) is 5.03 Å². The lowest BCUT2D eigenvalue weighted by Crippen LogP contribution is -2.26. The van der Waals surface area contributed by atoms with E-state index in [4.69, 9.17) is 9.15 Å². The quantitative estimate of drug-likeness (QED) is 0.683. The smallest absolute Gasteiger partial charge is 0.257 e. The summed E-state index contributed by atoms with van der Waals surface area (Å²) in [4.78, 5) is 6.75. The van der Waals surface area contributed by atoms with Crippen molar-refractivity contribution in [3.05, 3.63) is 36.2 Å². The van der Waals surface area contributed by atoms with Gasteiger partial charge in [0.2, 0.25) is 0 Å². The number of aryl methyl sites for hydroxylation is 1. The summed E-state index contributed by atoms with van der Waals surface area (Å²) in [7, 11) is -3.52. The van der Waals surface area contributed by atoms with Crippen LogP contribution in [-0.2, 0) is 27.8 Å². The van der Waals surface area contributed by atoms with E-state index in [9.17, 15) is 8.42 Å². The molecule has 0 aliphatic carbocycles. The largest absolute Gasteiger partial charge is 0.467 e. The van der Waals surface area contributed by atoms with Gasteiger partial charge in [-0.1, -0.05) is 6.92 Å². The molecule has 0 bridgehead atoms. The molecule has 0 fully saturated rings. The van der Waals surface area contributed by atoms with Crippen molar-refractivity contribution in [3.63, 3.8) is 0 Å². The first-order chi connectivity index (χ1) is 10.1. The minimum Gasteiger partial charge on any atom is -0.467 e. The minimum absolute atomic E-state index is 0.0934. The Hall–Kier alpha value is -1.64. The molecule has 0 aliphatic heterocycles. The number of aromatic nitrogens is 2. The molecule has 2 N–H and O–H groups in total. The number of nitrogens with one attached hydrogen (secondary N) is 2. The van der Waals surface area contributed by atoms with Crippen molar-refractivity contribution in [1.82, 2.24) is 14.7 Å². The molecule has 7 nitrogen and oxygen atoms in total. The van der Waals surface area contributed by atoms with Crippen LogP contribution < -0.4 is 4.72 Å². The highest BCUT2D eigenvalue weighted by molar-refractivity contribution is 7.89. The molecule has 116 valence electrons. The third kappa shape index (κ3) is 4.69. The summed E-state index contributed by atoms with van der Waals surface area (Å²) in [6.07, 6.45) is 4.15. The number of H-pyrrole nitrogens is 1. The highest BCUT2D eigenvalue weighted by Gasteiger charge is 2.15. The molecule has 0 unspecified atom stereocenters. The van der Waals surface area contributed by atoms with Gasteiger partial charge in [0.05, 0.1) is 12.5 Å². The third-order valence-electron chi connectivity index (χ3n) is 2.81. The summed E-state index contributed by atoms with van der Waals surface area (Å²) in [5.41, 5.74) is 0. The Balaban J connectivity index is 1.67. The van der Waals surface area contributed by atoms with E-state index in [1.165, 1.54) is 6.20 Å². The van der Waals surface area contributed by atoms with Crippen LogP contribution in [0.2, 0.25) is 0 Å². The summed E-state index contributed by atoms with van der Waals surface area (Å²) < 4.78 is 36.9. The van der Waals surface area contributed by atoms with Crippen LogP contribution in [0.5, 0.6) is 0 Å². The van der Waals surface area contributed by atoms with Crippen molar-refractivity contribution in [1.29, 1.82) is 0 Å². The number of hydrogen-bond acceptors (Lipinski definition) is 5. The predicted molar refractivity (Wildman–Crippen MR) is 76.1 cm³/mol. The maximum absolute atomic E-state index is 11.9. The number of rotatable bonds is 9. The Kier molecular flexibility index (Phi) is 5.54. The van der Waals surface area contributed by atoms with Crippen LogP contribution in [0.15, 0.2) is 34.0 Å². The second-order valence-corrected chi connectivity index (χ2v) is 6.17. The van der Waals surface area contributed by atoms with Crippen LogP contribution in [0.3, 0.4) is 0 Å². The lowest BCUT2D eigenvalue weighted by molar-refractivity contribution is 0.105. The number of hydrogen-bond donors (Lipinski definition) is 2. The Morgan fingerprint density at radius 2 is 2.33 bits per heavy atom. The Morgan fingerprint density at radius 1 is 1.48 bits per heavy atom. The highest BCUT2D eigenvalue weighted by atomic mass is 32.2. The highest BCUT2D eigenvalue weighted by Crippen LogP contribution is 2.06. The zero-order valence-electron chi connectivity index (χ0n) is 11.8. The Morgan fingerprint density at radius 3 is 3.00 bits per heavy atom. The number of sulfonamides is 1. The van der Waals surface area contributed by atoms with E-state index in [1.807, 2.05) is 13.0 Å². The van der Waals surface area contributed by atoms with E-state index in [0.717, 1.165) is 5.76 Å². The van der Waals surface area contributed by atoms with Crippen molar-refractivity contribution in [3.8, 4) is 0 Å². The van der Waals surface area contributed by atoms with Crippen LogP contribution in [0.25, 0.3) is 0 Å². The van der Waals surface area contributed by atoms with Crippen molar-refractivity contribution >= 4 is 10.0 Å². The molecule has 2 aromatic rings. The van der Waals surface area contributed by atoms with Crippen molar-refractivity contribution < 1.29 is 17.6 Å². The van der Waals surface area contributed by atoms with E-state index in [1.54, 1.807) is 12.3 Å². The monoisotopic (exact) mass is 313 g/mol. The minimum atomic E-state index is -3.52. The molecule has 0 spiro atoms. The summed E-state index contributed by atoms with van der Waals surface area (Å²) in [5.74, 6) is 1.40. The molecule has 0 saturated carbocycles. The fourth-order valence-electron chi connectivity index (χ4n) is 1.69. The lowest BCUT2D eigenvalue weighted by Gasteiger charge is -2.05. The van der Waals surface area contributed by atoms with Gasteiger partial charge in [-0.3, -0.25) is 0 Å².